The van der Waals surface area contributed by atoms with Crippen molar-refractivity contribution in [3.05, 3.63) is 45.3 Å². The van der Waals surface area contributed by atoms with Crippen molar-refractivity contribution < 1.29 is 14.7 Å². The molecule has 130 valence electrons. The maximum absolute atomic E-state index is 12.3. The van der Waals surface area contributed by atoms with Gasteiger partial charge in [-0.15, -0.1) is 0 Å². The number of benzene rings is 1. The largest absolute Gasteiger partial charge is 0.480 e. The van der Waals surface area contributed by atoms with Gasteiger partial charge in [0.2, 0.25) is 0 Å². The molecule has 1 amide bonds. The highest BCUT2D eigenvalue weighted by atomic mass is 35.5. The number of rotatable bonds is 4. The zero-order chi connectivity index (χ0) is 18.1. The number of anilines is 1. The van der Waals surface area contributed by atoms with Crippen LogP contribution in [0.2, 0.25) is 5.02 Å². The molecule has 0 unspecified atom stereocenters. The van der Waals surface area contributed by atoms with Crippen LogP contribution in [-0.4, -0.2) is 39.3 Å². The lowest BCUT2D eigenvalue weighted by atomic mass is 10.3. The van der Waals surface area contributed by atoms with E-state index < -0.39 is 12.5 Å². The predicted octanol–water partition coefficient (Wildman–Crippen LogP) is 3.94. The van der Waals surface area contributed by atoms with Crippen LogP contribution in [0.1, 0.15) is 6.92 Å². The van der Waals surface area contributed by atoms with Gasteiger partial charge in [-0.05, 0) is 37.3 Å². The SMILES string of the molecule is CCN1/C(=C/C=C2/SC(=S)N(CC(=O)O)C2=O)Sc2ccc(Cl)cc21. The third-order valence-electron chi connectivity index (χ3n) is 3.55. The van der Waals surface area contributed by atoms with Crippen LogP contribution in [0.25, 0.3) is 0 Å². The number of carbonyl (C=O) groups excluding carboxylic acids is 1. The second kappa shape index (κ2) is 7.41. The van der Waals surface area contributed by atoms with Crippen molar-refractivity contribution in [2.45, 2.75) is 11.8 Å². The van der Waals surface area contributed by atoms with Gasteiger partial charge < -0.3 is 10.0 Å². The molecule has 1 N–H and O–H groups in total. The number of carboxylic acids is 1. The van der Waals surface area contributed by atoms with Gasteiger partial charge in [0, 0.05) is 16.5 Å². The molecule has 1 saturated heterocycles. The van der Waals surface area contributed by atoms with Gasteiger partial charge in [-0.3, -0.25) is 14.5 Å². The molecular weight excluding hydrogens is 400 g/mol. The van der Waals surface area contributed by atoms with E-state index in [1.54, 1.807) is 17.8 Å². The van der Waals surface area contributed by atoms with E-state index in [0.717, 1.165) is 38.8 Å². The van der Waals surface area contributed by atoms with Crippen molar-refractivity contribution in [1.82, 2.24) is 4.90 Å². The first-order valence-electron chi connectivity index (χ1n) is 7.33. The molecule has 0 spiro atoms. The number of carboxylic acid groups (broad SMARTS) is 1. The topological polar surface area (TPSA) is 60.9 Å². The molecule has 0 radical (unpaired) electrons. The van der Waals surface area contributed by atoms with E-state index in [4.69, 9.17) is 28.9 Å². The average Bonchev–Trinajstić information content (AvgIpc) is 3.03. The minimum atomic E-state index is -1.09. The minimum Gasteiger partial charge on any atom is -0.480 e. The summed E-state index contributed by atoms with van der Waals surface area (Å²) in [6.45, 7) is 2.38. The van der Waals surface area contributed by atoms with E-state index in [0.29, 0.717) is 9.93 Å². The Balaban J connectivity index is 1.85. The van der Waals surface area contributed by atoms with Crippen LogP contribution in [0, 0.1) is 0 Å². The van der Waals surface area contributed by atoms with Crippen molar-refractivity contribution in [2.75, 3.05) is 18.0 Å². The van der Waals surface area contributed by atoms with Crippen LogP contribution in [0.15, 0.2) is 45.2 Å². The lowest BCUT2D eigenvalue weighted by Gasteiger charge is -2.17. The quantitative estimate of drug-likeness (QED) is 0.593. The van der Waals surface area contributed by atoms with Gasteiger partial charge in [0.05, 0.1) is 15.6 Å². The molecule has 0 saturated carbocycles. The molecule has 1 aromatic carbocycles. The summed E-state index contributed by atoms with van der Waals surface area (Å²) in [5.41, 5.74) is 1.04. The van der Waals surface area contributed by atoms with E-state index in [1.165, 1.54) is 0 Å². The average molecular weight is 413 g/mol. The first kappa shape index (κ1) is 18.3. The summed E-state index contributed by atoms with van der Waals surface area (Å²) in [6.07, 6.45) is 3.55. The number of thioether (sulfide) groups is 2. The predicted molar refractivity (Wildman–Crippen MR) is 106 cm³/mol. The molecule has 3 rings (SSSR count). The maximum atomic E-state index is 12.3. The summed E-state index contributed by atoms with van der Waals surface area (Å²) >= 11 is 13.9. The van der Waals surface area contributed by atoms with Crippen LogP contribution in [0.3, 0.4) is 0 Å². The fourth-order valence-corrected chi connectivity index (χ4v) is 4.93. The summed E-state index contributed by atoms with van der Waals surface area (Å²) in [5.74, 6) is -1.47. The van der Waals surface area contributed by atoms with Gasteiger partial charge in [-0.2, -0.15) is 0 Å². The van der Waals surface area contributed by atoms with E-state index >= 15 is 0 Å². The van der Waals surface area contributed by atoms with E-state index in [1.807, 2.05) is 31.2 Å². The van der Waals surface area contributed by atoms with Crippen molar-refractivity contribution in [1.29, 1.82) is 0 Å². The third-order valence-corrected chi connectivity index (χ3v) is 6.31. The Morgan fingerprint density at radius 1 is 1.32 bits per heavy atom. The minimum absolute atomic E-state index is 0.263. The Kier molecular flexibility index (Phi) is 5.43. The smallest absolute Gasteiger partial charge is 0.323 e. The highest BCUT2D eigenvalue weighted by Crippen LogP contribution is 2.47. The lowest BCUT2D eigenvalue weighted by molar-refractivity contribution is -0.140. The van der Waals surface area contributed by atoms with Gasteiger partial charge in [-0.25, -0.2) is 0 Å². The van der Waals surface area contributed by atoms with Crippen LogP contribution < -0.4 is 4.90 Å². The number of allylic oxidation sites excluding steroid dienone is 2. The molecule has 1 aromatic rings. The standard InChI is InChI=1S/C16H13ClN2O3S3/c1-2-18-10-7-9(17)3-4-11(10)24-13(18)6-5-12-15(22)19(8-14(20)21)16(23)25-12/h3-7H,2,8H2,1H3,(H,20,21)/b12-5+,13-6-. The molecule has 0 aliphatic carbocycles. The summed E-state index contributed by atoms with van der Waals surface area (Å²) in [6, 6.07) is 5.74. The molecule has 0 aromatic heterocycles. The second-order valence-electron chi connectivity index (χ2n) is 5.15. The van der Waals surface area contributed by atoms with Gasteiger partial charge in [-0.1, -0.05) is 47.3 Å². The zero-order valence-electron chi connectivity index (χ0n) is 13.1. The number of hydrogen-bond donors (Lipinski definition) is 1. The molecular formula is C16H13ClN2O3S3. The number of fused-ring (bicyclic) bond motifs is 1. The Bertz CT molecular complexity index is 838. The summed E-state index contributed by atoms with van der Waals surface area (Å²) in [4.78, 5) is 27.9. The molecule has 0 atom stereocenters. The van der Waals surface area contributed by atoms with Crippen LogP contribution >= 0.6 is 47.3 Å². The number of hydrogen-bond acceptors (Lipinski definition) is 6. The summed E-state index contributed by atoms with van der Waals surface area (Å²) < 4.78 is 0.263. The molecule has 2 heterocycles. The van der Waals surface area contributed by atoms with Crippen molar-refractivity contribution in [3.8, 4) is 0 Å². The second-order valence-corrected chi connectivity index (χ2v) is 8.32. The first-order chi connectivity index (χ1) is 11.9. The Morgan fingerprint density at radius 2 is 2.08 bits per heavy atom. The van der Waals surface area contributed by atoms with Crippen molar-refractivity contribution in [3.63, 3.8) is 0 Å². The number of aliphatic carboxylic acids is 1. The van der Waals surface area contributed by atoms with E-state index in [-0.39, 0.29) is 10.2 Å². The Hall–Kier alpha value is -1.48. The number of amides is 1. The Labute approximate surface area is 163 Å². The molecule has 9 heteroatoms. The molecule has 2 aliphatic rings. The molecule has 1 fully saturated rings. The van der Waals surface area contributed by atoms with E-state index in [9.17, 15) is 9.59 Å². The van der Waals surface area contributed by atoms with Crippen molar-refractivity contribution >= 4 is 69.2 Å². The van der Waals surface area contributed by atoms with Gasteiger partial charge in [0.1, 0.15) is 10.9 Å². The van der Waals surface area contributed by atoms with E-state index in [2.05, 4.69) is 4.90 Å². The van der Waals surface area contributed by atoms with Gasteiger partial charge in [0.25, 0.3) is 5.91 Å². The lowest BCUT2D eigenvalue weighted by Crippen LogP contribution is -2.33. The van der Waals surface area contributed by atoms with Crippen LogP contribution in [0.5, 0.6) is 0 Å². The monoisotopic (exact) mass is 412 g/mol. The van der Waals surface area contributed by atoms with Gasteiger partial charge in [0.15, 0.2) is 0 Å². The molecule has 0 bridgehead atoms. The van der Waals surface area contributed by atoms with Crippen molar-refractivity contribution in [2.24, 2.45) is 0 Å². The summed E-state index contributed by atoms with van der Waals surface area (Å²) in [5, 5.41) is 10.5. The fourth-order valence-electron chi connectivity index (χ4n) is 2.46. The third kappa shape index (κ3) is 3.72. The molecule has 5 nitrogen and oxygen atoms in total. The zero-order valence-corrected chi connectivity index (χ0v) is 16.3. The number of halogens is 1. The number of thiocarbonyl (C=S) groups is 1. The first-order valence-corrected chi connectivity index (χ1v) is 9.75. The van der Waals surface area contributed by atoms with Crippen LogP contribution in [-0.2, 0) is 9.59 Å². The highest BCUT2D eigenvalue weighted by molar-refractivity contribution is 8.26. The fraction of sp³-hybridized carbons (Fsp3) is 0.188. The van der Waals surface area contributed by atoms with Gasteiger partial charge >= 0.3 is 5.97 Å². The highest BCUT2D eigenvalue weighted by Gasteiger charge is 2.33. The number of nitrogens with zero attached hydrogens (tertiary/aromatic N) is 2. The molecule has 2 aliphatic heterocycles. The number of carbonyl (C=O) groups is 2. The Morgan fingerprint density at radius 3 is 2.76 bits per heavy atom. The summed E-state index contributed by atoms with van der Waals surface area (Å²) in [7, 11) is 0. The maximum Gasteiger partial charge on any atom is 0.323 e. The normalized spacial score (nSPS) is 20.1. The molecule has 25 heavy (non-hydrogen) atoms. The van der Waals surface area contributed by atoms with Crippen LogP contribution in [0.4, 0.5) is 5.69 Å².